The Kier molecular flexibility index (Phi) is 3.91. The average Bonchev–Trinajstić information content (AvgIpc) is 2.13. The van der Waals surface area contributed by atoms with E-state index in [1.54, 1.807) is 18.2 Å². The molecule has 0 bridgehead atoms. The number of ether oxygens (including phenoxy) is 1. The summed E-state index contributed by atoms with van der Waals surface area (Å²) in [5.74, 6) is 0.301. The molecule has 0 aliphatic rings. The quantitative estimate of drug-likeness (QED) is 0.585. The third-order valence-corrected chi connectivity index (χ3v) is 2.24. The van der Waals surface area contributed by atoms with Crippen LogP contribution in [-0.4, -0.2) is 25.3 Å². The molecule has 0 fully saturated rings. The van der Waals surface area contributed by atoms with Crippen molar-refractivity contribution < 1.29 is 17.7 Å². The molecule has 2 radical (unpaired) electrons. The van der Waals surface area contributed by atoms with Crippen LogP contribution in [0, 0.1) is 12.1 Å². The van der Waals surface area contributed by atoms with E-state index in [9.17, 15) is 8.42 Å². The second-order valence-corrected chi connectivity index (χ2v) is 4.23. The summed E-state index contributed by atoms with van der Waals surface area (Å²) in [7, 11) is -3.87. The van der Waals surface area contributed by atoms with Gasteiger partial charge in [0.15, 0.2) is 0 Å². The Morgan fingerprint density at radius 1 is 1.36 bits per heavy atom. The highest BCUT2D eigenvalue weighted by atomic mass is 32.2. The van der Waals surface area contributed by atoms with Gasteiger partial charge in [-0.25, -0.2) is 0 Å². The highest BCUT2D eigenvalue weighted by molar-refractivity contribution is 7.85. The molecule has 0 heterocycles. The number of rotatable bonds is 5. The Balaban J connectivity index is 2.23. The average molecular weight is 214 g/mol. The normalized spacial score (nSPS) is 11.2. The third-order valence-electron chi connectivity index (χ3n) is 1.43. The highest BCUT2D eigenvalue weighted by Crippen LogP contribution is 2.07. The molecule has 1 aromatic rings. The fourth-order valence-electron chi connectivity index (χ4n) is 0.852. The lowest BCUT2D eigenvalue weighted by atomic mass is 10.3. The van der Waals surface area contributed by atoms with Crippen molar-refractivity contribution >= 4 is 10.1 Å². The minimum atomic E-state index is -3.87. The van der Waals surface area contributed by atoms with Gasteiger partial charge in [0.05, 0.1) is 12.4 Å². The summed E-state index contributed by atoms with van der Waals surface area (Å²) in [6.45, 7) is 0.242. The minimum absolute atomic E-state index is 0.242. The van der Waals surface area contributed by atoms with E-state index >= 15 is 0 Å². The van der Waals surface area contributed by atoms with Gasteiger partial charge in [0.25, 0.3) is 10.1 Å². The first-order chi connectivity index (χ1) is 6.58. The summed E-state index contributed by atoms with van der Waals surface area (Å²) < 4.78 is 34.2. The molecule has 14 heavy (non-hydrogen) atoms. The van der Waals surface area contributed by atoms with Crippen molar-refractivity contribution in [1.82, 2.24) is 0 Å². The maximum Gasteiger partial charge on any atom is 0.264 e. The van der Waals surface area contributed by atoms with E-state index in [1.807, 2.05) is 0 Å². The van der Waals surface area contributed by atoms with Gasteiger partial charge < -0.3 is 4.74 Å². The zero-order chi connectivity index (χ0) is 10.4. The first-order valence-electron chi connectivity index (χ1n) is 4.03. The Morgan fingerprint density at radius 2 is 2.00 bits per heavy atom. The van der Waals surface area contributed by atoms with Crippen molar-refractivity contribution in [3.8, 4) is 5.75 Å². The fraction of sp³-hybridized carbons (Fsp3) is 0.333. The lowest BCUT2D eigenvalue weighted by Gasteiger charge is -2.03. The standard InChI is InChI=1S/C9H10O4S/c10-14(11,12)8-4-7-13-9-5-2-1-3-6-9/h1,5-6H,4,7-8H2,(H,10,11,12). The van der Waals surface area contributed by atoms with E-state index in [-0.39, 0.29) is 18.8 Å². The lowest BCUT2D eigenvalue weighted by Crippen LogP contribution is -2.08. The van der Waals surface area contributed by atoms with Crippen LogP contribution in [0.3, 0.4) is 0 Å². The van der Waals surface area contributed by atoms with Gasteiger partial charge in [-0.1, -0.05) is 0 Å². The van der Waals surface area contributed by atoms with E-state index in [1.165, 1.54) is 0 Å². The summed E-state index contributed by atoms with van der Waals surface area (Å²) in [6, 6.07) is 10.4. The third kappa shape index (κ3) is 4.84. The smallest absolute Gasteiger partial charge is 0.264 e. The van der Waals surface area contributed by atoms with E-state index in [0.717, 1.165) is 0 Å². The van der Waals surface area contributed by atoms with Gasteiger partial charge in [-0.05, 0) is 36.8 Å². The summed E-state index contributed by atoms with van der Waals surface area (Å²) >= 11 is 0. The summed E-state index contributed by atoms with van der Waals surface area (Å²) in [5, 5.41) is 0. The van der Waals surface area contributed by atoms with Crippen molar-refractivity contribution in [3.05, 3.63) is 30.3 Å². The van der Waals surface area contributed by atoms with Crippen LogP contribution in [-0.2, 0) is 10.1 Å². The summed E-state index contributed by atoms with van der Waals surface area (Å²) in [6.07, 6.45) is 0.258. The Hall–Kier alpha value is -1.07. The SMILES string of the molecule is O=S(=O)(O)CCCOc1c[c]c[c]c1. The Morgan fingerprint density at radius 3 is 2.57 bits per heavy atom. The van der Waals surface area contributed by atoms with Crippen molar-refractivity contribution in [3.63, 3.8) is 0 Å². The highest BCUT2D eigenvalue weighted by Gasteiger charge is 2.03. The van der Waals surface area contributed by atoms with Gasteiger partial charge in [-0.3, -0.25) is 4.55 Å². The van der Waals surface area contributed by atoms with Crippen LogP contribution in [0.25, 0.3) is 0 Å². The molecule has 5 heteroatoms. The van der Waals surface area contributed by atoms with Crippen LogP contribution in [0.2, 0.25) is 0 Å². The van der Waals surface area contributed by atoms with Crippen LogP contribution >= 0.6 is 0 Å². The van der Waals surface area contributed by atoms with Crippen LogP contribution in [0.15, 0.2) is 18.2 Å². The maximum atomic E-state index is 10.3. The Labute approximate surface area is 83.3 Å². The molecular formula is C9H10O4S. The van der Waals surface area contributed by atoms with Crippen LogP contribution < -0.4 is 4.74 Å². The molecule has 0 aliphatic carbocycles. The second-order valence-electron chi connectivity index (χ2n) is 2.66. The van der Waals surface area contributed by atoms with Crippen LogP contribution in [0.5, 0.6) is 5.75 Å². The van der Waals surface area contributed by atoms with Crippen molar-refractivity contribution in [1.29, 1.82) is 0 Å². The molecule has 0 spiro atoms. The van der Waals surface area contributed by atoms with E-state index in [2.05, 4.69) is 12.1 Å². The molecule has 1 rings (SSSR count). The number of benzene rings is 1. The fourth-order valence-corrected chi connectivity index (χ4v) is 1.33. The Bertz CT molecular complexity index is 358. The lowest BCUT2D eigenvalue weighted by molar-refractivity contribution is 0.316. The van der Waals surface area contributed by atoms with Gasteiger partial charge in [-0.2, -0.15) is 8.42 Å². The first kappa shape index (κ1) is 11.0. The van der Waals surface area contributed by atoms with Gasteiger partial charge in [0.1, 0.15) is 5.75 Å². The molecule has 76 valence electrons. The molecule has 1 aromatic carbocycles. The molecule has 0 atom stereocenters. The number of hydrogen-bond donors (Lipinski definition) is 1. The molecule has 1 N–H and O–H groups in total. The van der Waals surface area contributed by atoms with E-state index < -0.39 is 10.1 Å². The molecule has 0 aliphatic heterocycles. The van der Waals surface area contributed by atoms with Gasteiger partial charge in [-0.15, -0.1) is 0 Å². The zero-order valence-electron chi connectivity index (χ0n) is 7.43. The van der Waals surface area contributed by atoms with E-state index in [4.69, 9.17) is 9.29 Å². The summed E-state index contributed by atoms with van der Waals surface area (Å²) in [4.78, 5) is 0. The molecule has 0 unspecified atom stereocenters. The molecule has 0 saturated heterocycles. The molecule has 4 nitrogen and oxygen atoms in total. The molecule has 0 aromatic heterocycles. The maximum absolute atomic E-state index is 10.3. The molecule has 0 amide bonds. The zero-order valence-corrected chi connectivity index (χ0v) is 8.25. The van der Waals surface area contributed by atoms with Crippen LogP contribution in [0.1, 0.15) is 6.42 Å². The first-order valence-corrected chi connectivity index (χ1v) is 5.64. The van der Waals surface area contributed by atoms with Crippen molar-refractivity contribution in [2.75, 3.05) is 12.4 Å². The molecular weight excluding hydrogens is 204 g/mol. The largest absolute Gasteiger partial charge is 0.494 e. The molecule has 0 saturated carbocycles. The second kappa shape index (κ2) is 4.97. The van der Waals surface area contributed by atoms with Gasteiger partial charge in [0, 0.05) is 0 Å². The van der Waals surface area contributed by atoms with Crippen LogP contribution in [0.4, 0.5) is 0 Å². The summed E-state index contributed by atoms with van der Waals surface area (Å²) in [5.41, 5.74) is 0. The monoisotopic (exact) mass is 214 g/mol. The van der Waals surface area contributed by atoms with Gasteiger partial charge >= 0.3 is 0 Å². The predicted molar refractivity (Wildman–Crippen MR) is 50.6 cm³/mol. The van der Waals surface area contributed by atoms with E-state index in [0.29, 0.717) is 5.75 Å². The topological polar surface area (TPSA) is 63.6 Å². The number of hydrogen-bond acceptors (Lipinski definition) is 3. The minimum Gasteiger partial charge on any atom is -0.494 e. The predicted octanol–water partition coefficient (Wildman–Crippen LogP) is 0.944. The van der Waals surface area contributed by atoms with Gasteiger partial charge in [0.2, 0.25) is 0 Å². The van der Waals surface area contributed by atoms with Crippen molar-refractivity contribution in [2.24, 2.45) is 0 Å². The van der Waals surface area contributed by atoms with Crippen molar-refractivity contribution in [2.45, 2.75) is 6.42 Å².